The van der Waals surface area contributed by atoms with Crippen LogP contribution in [-0.2, 0) is 16.0 Å². The molecule has 1 aromatic carbocycles. The van der Waals surface area contributed by atoms with Gasteiger partial charge in [-0.05, 0) is 24.0 Å². The lowest BCUT2D eigenvalue weighted by atomic mass is 9.76. The number of carbonyl (C=O) groups excluding carboxylic acids is 2. The molecule has 1 fully saturated rings. The van der Waals surface area contributed by atoms with Crippen LogP contribution in [0.2, 0.25) is 0 Å². The van der Waals surface area contributed by atoms with Gasteiger partial charge < -0.3 is 4.90 Å². The third-order valence-corrected chi connectivity index (χ3v) is 3.72. The van der Waals surface area contributed by atoms with Crippen LogP contribution in [0, 0.1) is 0 Å². The normalized spacial score (nSPS) is 22.9. The van der Waals surface area contributed by atoms with E-state index in [9.17, 15) is 9.59 Å². The van der Waals surface area contributed by atoms with Crippen LogP contribution < -0.4 is 0 Å². The van der Waals surface area contributed by atoms with Crippen molar-refractivity contribution in [1.29, 1.82) is 0 Å². The van der Waals surface area contributed by atoms with Gasteiger partial charge in [0.2, 0.25) is 5.91 Å². The summed E-state index contributed by atoms with van der Waals surface area (Å²) in [6.45, 7) is 1.06. The third kappa shape index (κ3) is 1.75. The lowest BCUT2D eigenvalue weighted by molar-refractivity contribution is -0.139. The number of benzene rings is 1. The topological polar surface area (TPSA) is 37.4 Å². The molecule has 1 unspecified atom stereocenters. The maximum absolute atomic E-state index is 12.3. The zero-order valence-corrected chi connectivity index (χ0v) is 9.69. The Hall–Kier alpha value is -1.64. The van der Waals surface area contributed by atoms with Gasteiger partial charge in [0.1, 0.15) is 0 Å². The summed E-state index contributed by atoms with van der Waals surface area (Å²) < 4.78 is 0. The van der Waals surface area contributed by atoms with Crippen molar-refractivity contribution in [2.45, 2.75) is 25.2 Å². The van der Waals surface area contributed by atoms with Crippen molar-refractivity contribution in [1.82, 2.24) is 4.90 Å². The second kappa shape index (κ2) is 3.99. The maximum atomic E-state index is 12.3. The van der Waals surface area contributed by atoms with Crippen LogP contribution in [0.3, 0.4) is 0 Å². The number of Topliss-reactive ketones (excluding diaryl/α,β-unsaturated/α-hetero) is 1. The van der Waals surface area contributed by atoms with Gasteiger partial charge in [0.25, 0.3) is 0 Å². The highest BCUT2D eigenvalue weighted by Crippen LogP contribution is 2.36. The SMILES string of the molecule is O=C1CCCN(C(=O)C2Cc3ccccc32)C1. The molecule has 17 heavy (non-hydrogen) atoms. The second-order valence-corrected chi connectivity index (χ2v) is 4.86. The molecule has 1 heterocycles. The Morgan fingerprint density at radius 1 is 1.29 bits per heavy atom. The van der Waals surface area contributed by atoms with Crippen LogP contribution in [-0.4, -0.2) is 29.7 Å². The van der Waals surface area contributed by atoms with E-state index in [1.807, 2.05) is 18.2 Å². The van der Waals surface area contributed by atoms with Crippen molar-refractivity contribution in [3.63, 3.8) is 0 Å². The van der Waals surface area contributed by atoms with E-state index in [2.05, 4.69) is 6.07 Å². The number of carbonyl (C=O) groups is 2. The summed E-state index contributed by atoms with van der Waals surface area (Å²) in [4.78, 5) is 25.3. The Morgan fingerprint density at radius 2 is 2.12 bits per heavy atom. The number of rotatable bonds is 1. The van der Waals surface area contributed by atoms with E-state index in [4.69, 9.17) is 0 Å². The van der Waals surface area contributed by atoms with E-state index in [1.54, 1.807) is 4.90 Å². The highest BCUT2D eigenvalue weighted by molar-refractivity contribution is 5.91. The van der Waals surface area contributed by atoms with Crippen molar-refractivity contribution in [2.24, 2.45) is 0 Å². The number of piperidine rings is 1. The van der Waals surface area contributed by atoms with Gasteiger partial charge >= 0.3 is 0 Å². The van der Waals surface area contributed by atoms with Crippen LogP contribution in [0.5, 0.6) is 0 Å². The quantitative estimate of drug-likeness (QED) is 0.732. The van der Waals surface area contributed by atoms with E-state index >= 15 is 0 Å². The van der Waals surface area contributed by atoms with Crippen molar-refractivity contribution in [2.75, 3.05) is 13.1 Å². The Labute approximate surface area is 100 Å². The predicted molar refractivity (Wildman–Crippen MR) is 63.7 cm³/mol. The Kier molecular flexibility index (Phi) is 2.46. The first-order valence-electron chi connectivity index (χ1n) is 6.14. The van der Waals surface area contributed by atoms with E-state index in [0.717, 1.165) is 24.9 Å². The van der Waals surface area contributed by atoms with Crippen LogP contribution >= 0.6 is 0 Å². The fourth-order valence-corrected chi connectivity index (χ4v) is 2.73. The van der Waals surface area contributed by atoms with Crippen molar-refractivity contribution in [3.8, 4) is 0 Å². The van der Waals surface area contributed by atoms with Gasteiger partial charge in [-0.2, -0.15) is 0 Å². The summed E-state index contributed by atoms with van der Waals surface area (Å²) in [6.07, 6.45) is 2.28. The molecule has 1 saturated heterocycles. The van der Waals surface area contributed by atoms with E-state index < -0.39 is 0 Å². The molecule has 88 valence electrons. The molecule has 0 aromatic heterocycles. The second-order valence-electron chi connectivity index (χ2n) is 4.86. The van der Waals surface area contributed by atoms with E-state index in [-0.39, 0.29) is 17.6 Å². The Bertz CT molecular complexity index is 481. The van der Waals surface area contributed by atoms with E-state index in [0.29, 0.717) is 13.0 Å². The summed E-state index contributed by atoms with van der Waals surface area (Å²) >= 11 is 0. The number of amides is 1. The minimum atomic E-state index is -0.00269. The van der Waals surface area contributed by atoms with Crippen molar-refractivity contribution < 1.29 is 9.59 Å². The molecule has 3 rings (SSSR count). The zero-order chi connectivity index (χ0) is 11.8. The molecule has 1 atom stereocenters. The summed E-state index contributed by atoms with van der Waals surface area (Å²) in [7, 11) is 0. The van der Waals surface area contributed by atoms with E-state index in [1.165, 1.54) is 5.56 Å². The monoisotopic (exact) mass is 229 g/mol. The highest BCUT2D eigenvalue weighted by Gasteiger charge is 2.35. The molecular weight excluding hydrogens is 214 g/mol. The van der Waals surface area contributed by atoms with Gasteiger partial charge in [0, 0.05) is 13.0 Å². The summed E-state index contributed by atoms with van der Waals surface area (Å²) in [5, 5.41) is 0. The highest BCUT2D eigenvalue weighted by atomic mass is 16.2. The molecule has 1 aliphatic carbocycles. The molecule has 2 aliphatic rings. The first-order chi connectivity index (χ1) is 8.25. The van der Waals surface area contributed by atoms with Crippen molar-refractivity contribution >= 4 is 11.7 Å². The lowest BCUT2D eigenvalue weighted by Crippen LogP contribution is -2.44. The lowest BCUT2D eigenvalue weighted by Gasteiger charge is -2.35. The van der Waals surface area contributed by atoms with Gasteiger partial charge in [-0.3, -0.25) is 9.59 Å². The van der Waals surface area contributed by atoms with Gasteiger partial charge in [0.05, 0.1) is 12.5 Å². The van der Waals surface area contributed by atoms with Gasteiger partial charge in [-0.1, -0.05) is 24.3 Å². The number of ketones is 1. The number of hydrogen-bond acceptors (Lipinski definition) is 2. The van der Waals surface area contributed by atoms with Crippen LogP contribution in [0.4, 0.5) is 0 Å². The maximum Gasteiger partial charge on any atom is 0.230 e. The standard InChI is InChI=1S/C14H15NO2/c16-11-5-3-7-15(9-11)14(17)13-8-10-4-1-2-6-12(10)13/h1-2,4,6,13H,3,5,7-9H2. The Morgan fingerprint density at radius 3 is 2.88 bits per heavy atom. The molecular formula is C14H15NO2. The van der Waals surface area contributed by atoms with Crippen molar-refractivity contribution in [3.05, 3.63) is 35.4 Å². The van der Waals surface area contributed by atoms with Crippen LogP contribution in [0.25, 0.3) is 0 Å². The smallest absolute Gasteiger partial charge is 0.230 e. The molecule has 0 saturated carbocycles. The first-order valence-corrected chi connectivity index (χ1v) is 6.14. The molecule has 1 aliphatic heterocycles. The molecule has 1 aromatic rings. The first kappa shape index (κ1) is 10.5. The number of hydrogen-bond donors (Lipinski definition) is 0. The van der Waals surface area contributed by atoms with Crippen LogP contribution in [0.15, 0.2) is 24.3 Å². The molecule has 0 N–H and O–H groups in total. The fourth-order valence-electron chi connectivity index (χ4n) is 2.73. The molecule has 0 spiro atoms. The van der Waals surface area contributed by atoms with Crippen LogP contribution in [0.1, 0.15) is 29.9 Å². The minimum Gasteiger partial charge on any atom is -0.335 e. The zero-order valence-electron chi connectivity index (χ0n) is 9.69. The number of fused-ring (bicyclic) bond motifs is 1. The molecule has 0 bridgehead atoms. The third-order valence-electron chi connectivity index (χ3n) is 3.72. The molecule has 1 amide bonds. The minimum absolute atomic E-state index is 0.00269. The predicted octanol–water partition coefficient (Wildman–Crippen LogP) is 1.52. The number of likely N-dealkylation sites (tertiary alicyclic amines) is 1. The molecule has 3 heteroatoms. The summed E-state index contributed by atoms with van der Waals surface area (Å²) in [5.74, 6) is 0.325. The molecule has 3 nitrogen and oxygen atoms in total. The van der Waals surface area contributed by atoms with Gasteiger partial charge in [0.15, 0.2) is 5.78 Å². The number of nitrogens with zero attached hydrogens (tertiary/aromatic N) is 1. The largest absolute Gasteiger partial charge is 0.335 e. The average Bonchev–Trinajstić information content (AvgIpc) is 2.30. The average molecular weight is 229 g/mol. The van der Waals surface area contributed by atoms with Gasteiger partial charge in [-0.25, -0.2) is 0 Å². The summed E-state index contributed by atoms with van der Waals surface area (Å²) in [5.41, 5.74) is 2.42. The summed E-state index contributed by atoms with van der Waals surface area (Å²) in [6, 6.07) is 8.07. The molecule has 0 radical (unpaired) electrons. The fraction of sp³-hybridized carbons (Fsp3) is 0.429. The van der Waals surface area contributed by atoms with Gasteiger partial charge in [-0.15, -0.1) is 0 Å². The Balaban J connectivity index is 1.74.